The Balaban J connectivity index is 1.43. The molecule has 4 heterocycles. The molecule has 2 aromatic rings. The Bertz CT molecular complexity index is 1100. The molecule has 0 saturated heterocycles. The molecule has 4 rings (SSSR count). The van der Waals surface area contributed by atoms with E-state index in [-0.39, 0.29) is 12.3 Å². The Morgan fingerprint density at radius 2 is 1.46 bits per heavy atom. The van der Waals surface area contributed by atoms with Crippen molar-refractivity contribution in [2.45, 2.75) is 38.5 Å². The zero-order valence-electron chi connectivity index (χ0n) is 22.3. The number of nitrogens with one attached hydrogen (secondary N) is 3. The molecule has 12 nitrogen and oxygen atoms in total. The Labute approximate surface area is 218 Å². The van der Waals surface area contributed by atoms with Crippen molar-refractivity contribution in [1.82, 2.24) is 30.7 Å². The highest BCUT2D eigenvalue weighted by atomic mass is 16.3. The lowest BCUT2D eigenvalue weighted by atomic mass is 10.2. The van der Waals surface area contributed by atoms with E-state index in [4.69, 9.17) is 23.8 Å². The zero-order chi connectivity index (χ0) is 26.2. The van der Waals surface area contributed by atoms with E-state index in [0.717, 1.165) is 73.9 Å². The fourth-order valence-electron chi connectivity index (χ4n) is 3.93. The molecule has 2 aliphatic rings. The van der Waals surface area contributed by atoms with Crippen molar-refractivity contribution in [2.24, 2.45) is 20.0 Å². The Kier molecular flexibility index (Phi) is 8.70. The minimum Gasteiger partial charge on any atom is -0.472 e. The van der Waals surface area contributed by atoms with Crippen molar-refractivity contribution in [2.75, 3.05) is 47.8 Å². The quantitative estimate of drug-likeness (QED) is 0.463. The van der Waals surface area contributed by atoms with Crippen LogP contribution in [-0.4, -0.2) is 98.7 Å². The van der Waals surface area contributed by atoms with Crippen molar-refractivity contribution in [1.29, 1.82) is 0 Å². The summed E-state index contributed by atoms with van der Waals surface area (Å²) in [7, 11) is 7.89. The van der Waals surface area contributed by atoms with Gasteiger partial charge in [0.2, 0.25) is 17.9 Å². The predicted molar refractivity (Wildman–Crippen MR) is 146 cm³/mol. The van der Waals surface area contributed by atoms with Gasteiger partial charge in [0, 0.05) is 54.2 Å². The van der Waals surface area contributed by atoms with Gasteiger partial charge in [-0.2, -0.15) is 0 Å². The maximum atomic E-state index is 5.27. The first-order valence-electron chi connectivity index (χ1n) is 12.6. The number of rotatable bonds is 9. The summed E-state index contributed by atoms with van der Waals surface area (Å²) < 4.78 is 10.4. The van der Waals surface area contributed by atoms with Gasteiger partial charge in [-0.3, -0.25) is 10.6 Å². The Morgan fingerprint density at radius 1 is 0.811 bits per heavy atom. The Hall–Kier alpha value is -3.96. The molecule has 0 radical (unpaired) electrons. The highest BCUT2D eigenvalue weighted by molar-refractivity contribution is 6.00. The standard InChI is InChI=1S/C25H38N10O2/c1-18-27-23(33(2)3)32-25(28-18)35(12-7-20-10-15-37-17-20)13-8-21-29-22(31-24(30-21)34(4)5)26-11-6-19-9-14-36-16-19/h9-10,14-18,21H,6-8,11-13H2,1-5H3,(H,27,28,32)(H2,26,29,30,31). The van der Waals surface area contributed by atoms with Gasteiger partial charge < -0.3 is 28.9 Å². The van der Waals surface area contributed by atoms with Crippen LogP contribution in [0.2, 0.25) is 0 Å². The third-order valence-corrected chi connectivity index (χ3v) is 5.96. The normalized spacial score (nSPS) is 19.1. The summed E-state index contributed by atoms with van der Waals surface area (Å²) in [6, 6.07) is 3.97. The zero-order valence-corrected chi connectivity index (χ0v) is 22.3. The third-order valence-electron chi connectivity index (χ3n) is 5.96. The number of guanidine groups is 4. The predicted octanol–water partition coefficient (Wildman–Crippen LogP) is 1.37. The van der Waals surface area contributed by atoms with E-state index in [1.54, 1.807) is 25.1 Å². The molecule has 0 bridgehead atoms. The van der Waals surface area contributed by atoms with Crippen molar-refractivity contribution in [3.8, 4) is 0 Å². The monoisotopic (exact) mass is 510 g/mol. The molecule has 0 fully saturated rings. The molecule has 2 aromatic heterocycles. The maximum absolute atomic E-state index is 5.27. The van der Waals surface area contributed by atoms with Gasteiger partial charge in [-0.15, -0.1) is 0 Å². The molecule has 3 N–H and O–H groups in total. The number of furan rings is 2. The van der Waals surface area contributed by atoms with E-state index >= 15 is 0 Å². The van der Waals surface area contributed by atoms with Crippen LogP contribution >= 0.6 is 0 Å². The van der Waals surface area contributed by atoms with E-state index in [1.807, 2.05) is 57.0 Å². The smallest absolute Gasteiger partial charge is 0.202 e. The molecule has 2 aliphatic heterocycles. The average Bonchev–Trinajstić information content (AvgIpc) is 3.58. The minimum absolute atomic E-state index is 0.161. The highest BCUT2D eigenvalue weighted by Crippen LogP contribution is 2.12. The van der Waals surface area contributed by atoms with E-state index in [9.17, 15) is 0 Å². The van der Waals surface area contributed by atoms with Crippen LogP contribution in [0.25, 0.3) is 0 Å². The van der Waals surface area contributed by atoms with Gasteiger partial charge in [0.15, 0.2) is 5.96 Å². The lowest BCUT2D eigenvalue weighted by Crippen LogP contribution is -2.52. The van der Waals surface area contributed by atoms with E-state index in [0.29, 0.717) is 0 Å². The molecule has 0 aliphatic carbocycles. The summed E-state index contributed by atoms with van der Waals surface area (Å²) in [5.74, 6) is 3.10. The molecule has 0 spiro atoms. The second-order valence-electron chi connectivity index (χ2n) is 9.45. The van der Waals surface area contributed by atoms with E-state index < -0.39 is 0 Å². The van der Waals surface area contributed by atoms with Crippen LogP contribution in [-0.2, 0) is 12.8 Å². The summed E-state index contributed by atoms with van der Waals surface area (Å²) >= 11 is 0. The molecule has 0 saturated carbocycles. The molecule has 0 amide bonds. The summed E-state index contributed by atoms with van der Waals surface area (Å²) in [6.07, 6.45) is 8.96. The largest absolute Gasteiger partial charge is 0.472 e. The van der Waals surface area contributed by atoms with Crippen molar-refractivity contribution in [3.63, 3.8) is 0 Å². The summed E-state index contributed by atoms with van der Waals surface area (Å²) in [5, 5.41) is 10.1. The first-order chi connectivity index (χ1) is 17.9. The fourth-order valence-corrected chi connectivity index (χ4v) is 3.93. The molecule has 2 unspecified atom stereocenters. The third kappa shape index (κ3) is 7.51. The van der Waals surface area contributed by atoms with Gasteiger partial charge in [0.25, 0.3) is 0 Å². The molecule has 2 atom stereocenters. The van der Waals surface area contributed by atoms with Gasteiger partial charge in [0.1, 0.15) is 12.3 Å². The van der Waals surface area contributed by atoms with Crippen LogP contribution in [0.1, 0.15) is 24.5 Å². The summed E-state index contributed by atoms with van der Waals surface area (Å²) in [5.41, 5.74) is 2.29. The SMILES string of the molecule is CC1N=C(N(C)C)NC(N(CCc2ccoc2)CCC2N=C(NCCc3ccoc3)NC(N(C)C)=N2)=N1. The molecular weight excluding hydrogens is 472 g/mol. The van der Waals surface area contributed by atoms with Gasteiger partial charge in [-0.1, -0.05) is 0 Å². The fraction of sp³-hybridized carbons (Fsp3) is 0.520. The van der Waals surface area contributed by atoms with Crippen LogP contribution in [0.3, 0.4) is 0 Å². The highest BCUT2D eigenvalue weighted by Gasteiger charge is 2.23. The second kappa shape index (κ2) is 12.3. The number of aliphatic imine (C=N–C) groups is 4. The van der Waals surface area contributed by atoms with Crippen LogP contribution in [0.15, 0.2) is 66.0 Å². The van der Waals surface area contributed by atoms with Gasteiger partial charge in [-0.05, 0) is 43.0 Å². The van der Waals surface area contributed by atoms with Crippen LogP contribution < -0.4 is 16.0 Å². The topological polar surface area (TPSA) is 122 Å². The lowest BCUT2D eigenvalue weighted by molar-refractivity contribution is 0.379. The first kappa shape index (κ1) is 26.1. The van der Waals surface area contributed by atoms with Crippen molar-refractivity contribution < 1.29 is 8.83 Å². The van der Waals surface area contributed by atoms with Crippen LogP contribution in [0, 0.1) is 0 Å². The summed E-state index contributed by atoms with van der Waals surface area (Å²) in [6.45, 7) is 4.22. The second-order valence-corrected chi connectivity index (χ2v) is 9.45. The number of hydrogen-bond acceptors (Lipinski definition) is 12. The van der Waals surface area contributed by atoms with Crippen LogP contribution in [0.4, 0.5) is 0 Å². The van der Waals surface area contributed by atoms with E-state index in [2.05, 4.69) is 25.8 Å². The number of nitrogens with zero attached hydrogens (tertiary/aromatic N) is 7. The lowest BCUT2D eigenvalue weighted by Gasteiger charge is -2.32. The summed E-state index contributed by atoms with van der Waals surface area (Å²) in [4.78, 5) is 25.2. The van der Waals surface area contributed by atoms with Gasteiger partial charge in [-0.25, -0.2) is 20.0 Å². The van der Waals surface area contributed by atoms with Crippen molar-refractivity contribution >= 4 is 23.8 Å². The van der Waals surface area contributed by atoms with E-state index in [1.165, 1.54) is 0 Å². The molecular formula is C25H38N10O2. The molecule has 0 aromatic carbocycles. The van der Waals surface area contributed by atoms with Gasteiger partial charge in [0.05, 0.1) is 25.1 Å². The van der Waals surface area contributed by atoms with Crippen LogP contribution in [0.5, 0.6) is 0 Å². The molecule has 37 heavy (non-hydrogen) atoms. The maximum Gasteiger partial charge on any atom is 0.202 e. The average molecular weight is 511 g/mol. The van der Waals surface area contributed by atoms with Crippen molar-refractivity contribution in [3.05, 3.63) is 48.3 Å². The first-order valence-corrected chi connectivity index (χ1v) is 12.6. The van der Waals surface area contributed by atoms with Gasteiger partial charge >= 0.3 is 0 Å². The molecule has 12 heteroatoms. The Morgan fingerprint density at radius 3 is 2.11 bits per heavy atom. The number of hydrogen-bond donors (Lipinski definition) is 3. The minimum atomic E-state index is -0.227. The molecule has 200 valence electrons.